The highest BCUT2D eigenvalue weighted by atomic mass is 16.3. The molecule has 0 bridgehead atoms. The van der Waals surface area contributed by atoms with Gasteiger partial charge in [-0.15, -0.1) is 0 Å². The lowest BCUT2D eigenvalue weighted by atomic mass is 9.98. The van der Waals surface area contributed by atoms with Gasteiger partial charge >= 0.3 is 0 Å². The Kier molecular flexibility index (Phi) is 7.14. The van der Waals surface area contributed by atoms with Crippen molar-refractivity contribution in [1.29, 1.82) is 0 Å². The highest BCUT2D eigenvalue weighted by molar-refractivity contribution is 4.82. The van der Waals surface area contributed by atoms with Gasteiger partial charge in [0, 0.05) is 12.6 Å². The van der Waals surface area contributed by atoms with Crippen molar-refractivity contribution in [2.75, 3.05) is 13.1 Å². The zero-order valence-corrected chi connectivity index (χ0v) is 12.0. The minimum absolute atomic E-state index is 0.0909. The van der Waals surface area contributed by atoms with Crippen LogP contribution in [-0.4, -0.2) is 35.2 Å². The molecule has 2 heteroatoms. The second kappa shape index (κ2) is 8.10. The molecule has 0 saturated heterocycles. The molecule has 0 radical (unpaired) electrons. The second-order valence-electron chi connectivity index (χ2n) is 5.54. The molecule has 1 N–H and O–H groups in total. The van der Waals surface area contributed by atoms with Gasteiger partial charge in [0.05, 0.1) is 6.10 Å². The normalized spacial score (nSPS) is 26.5. The molecular weight excluding hydrogens is 210 g/mol. The van der Waals surface area contributed by atoms with Crippen molar-refractivity contribution in [2.24, 2.45) is 5.92 Å². The van der Waals surface area contributed by atoms with Gasteiger partial charge in [0.25, 0.3) is 0 Å². The van der Waals surface area contributed by atoms with Gasteiger partial charge in [0.15, 0.2) is 0 Å². The summed E-state index contributed by atoms with van der Waals surface area (Å²) in [4.78, 5) is 2.54. The maximum Gasteiger partial charge on any atom is 0.0695 e. The van der Waals surface area contributed by atoms with Crippen LogP contribution in [0.15, 0.2) is 0 Å². The molecular formula is C15H31NO. The number of hydrogen-bond acceptors (Lipinski definition) is 2. The van der Waals surface area contributed by atoms with Crippen LogP contribution in [0.25, 0.3) is 0 Å². The predicted molar refractivity (Wildman–Crippen MR) is 74.2 cm³/mol. The minimum Gasteiger partial charge on any atom is -0.391 e. The van der Waals surface area contributed by atoms with E-state index in [0.29, 0.717) is 6.04 Å². The van der Waals surface area contributed by atoms with Gasteiger partial charge in [0.1, 0.15) is 0 Å². The SMILES string of the molecule is CCC(CC)CN(CC)C1CCCCCC1O. The molecule has 2 unspecified atom stereocenters. The van der Waals surface area contributed by atoms with Crippen molar-refractivity contribution in [2.45, 2.75) is 77.9 Å². The first-order valence-corrected chi connectivity index (χ1v) is 7.64. The fourth-order valence-corrected chi connectivity index (χ4v) is 3.07. The first kappa shape index (κ1) is 15.0. The van der Waals surface area contributed by atoms with Crippen molar-refractivity contribution < 1.29 is 5.11 Å². The fraction of sp³-hybridized carbons (Fsp3) is 1.00. The van der Waals surface area contributed by atoms with Crippen molar-refractivity contribution in [3.8, 4) is 0 Å². The zero-order chi connectivity index (χ0) is 12.7. The largest absolute Gasteiger partial charge is 0.391 e. The summed E-state index contributed by atoms with van der Waals surface area (Å²) in [6.07, 6.45) is 8.43. The van der Waals surface area contributed by atoms with Crippen LogP contribution in [0.2, 0.25) is 0 Å². The third-order valence-electron chi connectivity index (χ3n) is 4.47. The lowest BCUT2D eigenvalue weighted by molar-refractivity contribution is 0.0375. The molecule has 17 heavy (non-hydrogen) atoms. The predicted octanol–water partition coefficient (Wildman–Crippen LogP) is 3.44. The average molecular weight is 241 g/mol. The number of rotatable bonds is 6. The van der Waals surface area contributed by atoms with E-state index >= 15 is 0 Å². The molecule has 0 heterocycles. The third kappa shape index (κ3) is 4.59. The van der Waals surface area contributed by atoms with Gasteiger partial charge in [0.2, 0.25) is 0 Å². The molecule has 0 aliphatic heterocycles. The Labute approximate surface area is 107 Å². The van der Waals surface area contributed by atoms with Gasteiger partial charge < -0.3 is 5.11 Å². The minimum atomic E-state index is -0.0909. The summed E-state index contributed by atoms with van der Waals surface area (Å²) in [6.45, 7) is 9.06. The molecule has 0 aromatic heterocycles. The Balaban J connectivity index is 2.57. The Morgan fingerprint density at radius 2 is 1.71 bits per heavy atom. The molecule has 0 aromatic carbocycles. The van der Waals surface area contributed by atoms with Crippen LogP contribution in [0.5, 0.6) is 0 Å². The van der Waals surface area contributed by atoms with Crippen LogP contribution >= 0.6 is 0 Å². The van der Waals surface area contributed by atoms with E-state index in [9.17, 15) is 5.11 Å². The van der Waals surface area contributed by atoms with Crippen molar-refractivity contribution in [3.63, 3.8) is 0 Å². The zero-order valence-electron chi connectivity index (χ0n) is 12.0. The molecule has 1 aliphatic carbocycles. The van der Waals surface area contributed by atoms with E-state index in [-0.39, 0.29) is 6.10 Å². The summed E-state index contributed by atoms with van der Waals surface area (Å²) < 4.78 is 0. The van der Waals surface area contributed by atoms with Crippen LogP contribution in [0.3, 0.4) is 0 Å². The lowest BCUT2D eigenvalue weighted by Crippen LogP contribution is -2.45. The van der Waals surface area contributed by atoms with Gasteiger partial charge in [-0.1, -0.05) is 52.9 Å². The molecule has 102 valence electrons. The first-order valence-electron chi connectivity index (χ1n) is 7.64. The number of likely N-dealkylation sites (N-methyl/N-ethyl adjacent to an activating group) is 1. The molecule has 0 spiro atoms. The number of aliphatic hydroxyl groups is 1. The number of aliphatic hydroxyl groups excluding tert-OH is 1. The van der Waals surface area contributed by atoms with E-state index in [1.165, 1.54) is 45.1 Å². The van der Waals surface area contributed by atoms with E-state index in [0.717, 1.165) is 18.9 Å². The average Bonchev–Trinajstić information content (AvgIpc) is 2.56. The van der Waals surface area contributed by atoms with Crippen LogP contribution < -0.4 is 0 Å². The molecule has 1 fully saturated rings. The summed E-state index contributed by atoms with van der Waals surface area (Å²) in [5.41, 5.74) is 0. The quantitative estimate of drug-likeness (QED) is 0.720. The van der Waals surface area contributed by atoms with Crippen molar-refractivity contribution >= 4 is 0 Å². The van der Waals surface area contributed by atoms with Crippen molar-refractivity contribution in [3.05, 3.63) is 0 Å². The van der Waals surface area contributed by atoms with E-state index in [4.69, 9.17) is 0 Å². The van der Waals surface area contributed by atoms with Gasteiger partial charge in [-0.25, -0.2) is 0 Å². The highest BCUT2D eigenvalue weighted by Gasteiger charge is 2.27. The standard InChI is InChI=1S/C15H31NO/c1-4-13(5-2)12-16(6-3)14-10-8-7-9-11-15(14)17/h13-15,17H,4-12H2,1-3H3. The monoisotopic (exact) mass is 241 g/mol. The van der Waals surface area contributed by atoms with E-state index in [1.807, 2.05) is 0 Å². The number of nitrogens with zero attached hydrogens (tertiary/aromatic N) is 1. The molecule has 0 aromatic rings. The summed E-state index contributed by atoms with van der Waals surface area (Å²) >= 11 is 0. The molecule has 2 nitrogen and oxygen atoms in total. The number of hydrogen-bond donors (Lipinski definition) is 1. The summed E-state index contributed by atoms with van der Waals surface area (Å²) in [7, 11) is 0. The lowest BCUT2D eigenvalue weighted by Gasteiger charge is -2.35. The first-order chi connectivity index (χ1) is 8.22. The Morgan fingerprint density at radius 1 is 1.06 bits per heavy atom. The van der Waals surface area contributed by atoms with Crippen LogP contribution in [-0.2, 0) is 0 Å². The summed E-state index contributed by atoms with van der Waals surface area (Å²) in [5.74, 6) is 0.797. The Bertz CT molecular complexity index is 191. The summed E-state index contributed by atoms with van der Waals surface area (Å²) in [5, 5.41) is 10.3. The molecule has 0 amide bonds. The van der Waals surface area contributed by atoms with Crippen molar-refractivity contribution in [1.82, 2.24) is 4.90 Å². The van der Waals surface area contributed by atoms with E-state index < -0.39 is 0 Å². The third-order valence-corrected chi connectivity index (χ3v) is 4.47. The highest BCUT2D eigenvalue weighted by Crippen LogP contribution is 2.24. The van der Waals surface area contributed by atoms with E-state index in [2.05, 4.69) is 25.7 Å². The summed E-state index contributed by atoms with van der Waals surface area (Å²) in [6, 6.07) is 0.420. The van der Waals surface area contributed by atoms with Gasteiger partial charge in [-0.3, -0.25) is 4.90 Å². The van der Waals surface area contributed by atoms with Crippen LogP contribution in [0.4, 0.5) is 0 Å². The van der Waals surface area contributed by atoms with Gasteiger partial charge in [-0.05, 0) is 25.3 Å². The molecule has 1 saturated carbocycles. The molecule has 2 atom stereocenters. The van der Waals surface area contributed by atoms with Crippen LogP contribution in [0, 0.1) is 5.92 Å². The molecule has 1 aliphatic rings. The Hall–Kier alpha value is -0.0800. The fourth-order valence-electron chi connectivity index (χ4n) is 3.07. The van der Waals surface area contributed by atoms with Crippen LogP contribution in [0.1, 0.15) is 65.7 Å². The maximum atomic E-state index is 10.3. The smallest absolute Gasteiger partial charge is 0.0695 e. The second-order valence-corrected chi connectivity index (χ2v) is 5.54. The van der Waals surface area contributed by atoms with E-state index in [1.54, 1.807) is 0 Å². The Morgan fingerprint density at radius 3 is 2.29 bits per heavy atom. The van der Waals surface area contributed by atoms with Gasteiger partial charge in [-0.2, -0.15) is 0 Å². The topological polar surface area (TPSA) is 23.5 Å². The maximum absolute atomic E-state index is 10.3. The molecule has 1 rings (SSSR count).